The predicted octanol–water partition coefficient (Wildman–Crippen LogP) is 2.78. The van der Waals surface area contributed by atoms with Gasteiger partial charge in [0.15, 0.2) is 5.58 Å². The summed E-state index contributed by atoms with van der Waals surface area (Å²) in [6.45, 7) is 0. The number of fused-ring (bicyclic) bond motifs is 3. The fourth-order valence-corrected chi connectivity index (χ4v) is 1.51. The molecule has 2 heteroatoms. The molecule has 0 fully saturated rings. The summed E-state index contributed by atoms with van der Waals surface area (Å²) >= 11 is 0. The van der Waals surface area contributed by atoms with Crippen molar-refractivity contribution in [1.29, 1.82) is 0 Å². The lowest BCUT2D eigenvalue weighted by Gasteiger charge is -1.84. The molecule has 1 aromatic carbocycles. The summed E-state index contributed by atoms with van der Waals surface area (Å²) in [6.07, 6.45) is 3.49. The van der Waals surface area contributed by atoms with Crippen molar-refractivity contribution in [1.82, 2.24) is 4.98 Å². The Hall–Kier alpha value is -1.83. The maximum absolute atomic E-state index is 5.53. The summed E-state index contributed by atoms with van der Waals surface area (Å²) in [5, 5.41) is 2.20. The largest absolute Gasteiger partial charge is 0.454 e. The third-order valence-electron chi connectivity index (χ3n) is 2.10. The normalized spacial score (nSPS) is 11.1. The smallest absolute Gasteiger partial charge is 0.153 e. The molecule has 1 radical (unpaired) electrons. The fraction of sp³-hybridized carbons (Fsp3) is 0. The summed E-state index contributed by atoms with van der Waals surface area (Å²) in [5.74, 6) is 0. The van der Waals surface area contributed by atoms with Gasteiger partial charge in [0.1, 0.15) is 5.58 Å². The zero-order valence-corrected chi connectivity index (χ0v) is 6.82. The molecular formula is C11H6NO. The maximum Gasteiger partial charge on any atom is 0.153 e. The van der Waals surface area contributed by atoms with Crippen molar-refractivity contribution >= 4 is 21.9 Å². The number of para-hydroxylation sites is 1. The number of aromatic nitrogens is 1. The van der Waals surface area contributed by atoms with E-state index in [1.807, 2.05) is 24.3 Å². The van der Waals surface area contributed by atoms with Crippen LogP contribution in [0.3, 0.4) is 0 Å². The molecule has 0 atom stereocenters. The highest BCUT2D eigenvalue weighted by Crippen LogP contribution is 2.26. The average Bonchev–Trinajstić information content (AvgIpc) is 2.56. The number of pyridine rings is 1. The van der Waals surface area contributed by atoms with Gasteiger partial charge < -0.3 is 4.42 Å². The van der Waals surface area contributed by atoms with Crippen LogP contribution in [-0.2, 0) is 0 Å². The first kappa shape index (κ1) is 6.66. The van der Waals surface area contributed by atoms with Crippen molar-refractivity contribution in [3.63, 3.8) is 0 Å². The number of hydrogen-bond acceptors (Lipinski definition) is 2. The number of rotatable bonds is 0. The molecule has 0 amide bonds. The second kappa shape index (κ2) is 2.33. The highest BCUT2D eigenvalue weighted by Gasteiger charge is 2.04. The van der Waals surface area contributed by atoms with Crippen LogP contribution in [0, 0.1) is 6.07 Å². The minimum absolute atomic E-state index is 0.797. The molecule has 13 heavy (non-hydrogen) atoms. The first-order valence-electron chi connectivity index (χ1n) is 4.08. The molecule has 0 unspecified atom stereocenters. The molecular weight excluding hydrogens is 162 g/mol. The summed E-state index contributed by atoms with van der Waals surface area (Å²) in [5.41, 5.74) is 1.62. The van der Waals surface area contributed by atoms with E-state index < -0.39 is 0 Å². The molecule has 3 rings (SSSR count). The Bertz CT molecular complexity index is 518. The Morgan fingerprint density at radius 3 is 3.23 bits per heavy atom. The molecule has 2 heterocycles. The minimum Gasteiger partial charge on any atom is -0.454 e. The van der Waals surface area contributed by atoms with Gasteiger partial charge in [-0.2, -0.15) is 0 Å². The molecule has 61 valence electrons. The van der Waals surface area contributed by atoms with Gasteiger partial charge in [-0.25, -0.2) is 0 Å². The third-order valence-corrected chi connectivity index (χ3v) is 2.10. The first-order valence-corrected chi connectivity index (χ1v) is 4.08. The highest BCUT2D eigenvalue weighted by atomic mass is 16.3. The van der Waals surface area contributed by atoms with Crippen molar-refractivity contribution in [3.05, 3.63) is 42.7 Å². The van der Waals surface area contributed by atoms with Gasteiger partial charge in [-0.1, -0.05) is 18.2 Å². The van der Waals surface area contributed by atoms with Crippen molar-refractivity contribution < 1.29 is 4.42 Å². The van der Waals surface area contributed by atoms with Crippen LogP contribution in [0.25, 0.3) is 21.9 Å². The molecule has 0 aliphatic heterocycles. The van der Waals surface area contributed by atoms with Crippen LogP contribution in [0.5, 0.6) is 0 Å². The van der Waals surface area contributed by atoms with Crippen LogP contribution in [0.1, 0.15) is 0 Å². The Morgan fingerprint density at radius 2 is 2.23 bits per heavy atom. The maximum atomic E-state index is 5.53. The van der Waals surface area contributed by atoms with Gasteiger partial charge in [-0.15, -0.1) is 0 Å². The summed E-state index contributed by atoms with van der Waals surface area (Å²) in [7, 11) is 0. The molecule has 0 bridgehead atoms. The van der Waals surface area contributed by atoms with E-state index in [1.54, 1.807) is 12.4 Å². The number of benzene rings is 1. The van der Waals surface area contributed by atoms with Gasteiger partial charge >= 0.3 is 0 Å². The minimum atomic E-state index is 0.797. The Morgan fingerprint density at radius 1 is 1.23 bits per heavy atom. The van der Waals surface area contributed by atoms with E-state index in [1.165, 1.54) is 0 Å². The van der Waals surface area contributed by atoms with Crippen molar-refractivity contribution in [2.75, 3.05) is 0 Å². The van der Waals surface area contributed by atoms with Gasteiger partial charge in [0.25, 0.3) is 0 Å². The van der Waals surface area contributed by atoms with Crippen molar-refractivity contribution in [2.24, 2.45) is 0 Å². The lowest BCUT2D eigenvalue weighted by atomic mass is 10.2. The topological polar surface area (TPSA) is 26.0 Å². The average molecular weight is 168 g/mol. The van der Waals surface area contributed by atoms with Crippen LogP contribution in [0.2, 0.25) is 0 Å². The number of hydrogen-bond donors (Lipinski definition) is 0. The Balaban J connectivity index is 2.64. The zero-order valence-electron chi connectivity index (χ0n) is 6.82. The van der Waals surface area contributed by atoms with E-state index >= 15 is 0 Å². The van der Waals surface area contributed by atoms with Crippen LogP contribution in [0.4, 0.5) is 0 Å². The van der Waals surface area contributed by atoms with Crippen LogP contribution < -0.4 is 0 Å². The molecule has 0 aliphatic rings. The van der Waals surface area contributed by atoms with Crippen molar-refractivity contribution in [2.45, 2.75) is 0 Å². The monoisotopic (exact) mass is 168 g/mol. The first-order chi connectivity index (χ1) is 6.45. The summed E-state index contributed by atoms with van der Waals surface area (Å²) in [6, 6.07) is 10.8. The van der Waals surface area contributed by atoms with E-state index in [-0.39, 0.29) is 0 Å². The molecule has 0 spiro atoms. The molecule has 2 aromatic heterocycles. The molecule has 0 saturated heterocycles. The quantitative estimate of drug-likeness (QED) is 0.515. The van der Waals surface area contributed by atoms with Gasteiger partial charge in [0, 0.05) is 23.0 Å². The molecule has 3 aromatic rings. The van der Waals surface area contributed by atoms with E-state index in [9.17, 15) is 0 Å². The van der Waals surface area contributed by atoms with E-state index in [2.05, 4.69) is 11.1 Å². The molecule has 2 nitrogen and oxygen atoms in total. The Labute approximate surface area is 74.8 Å². The molecule has 0 aliphatic carbocycles. The van der Waals surface area contributed by atoms with E-state index in [0.29, 0.717) is 0 Å². The fourth-order valence-electron chi connectivity index (χ4n) is 1.51. The van der Waals surface area contributed by atoms with E-state index in [0.717, 1.165) is 21.9 Å². The SMILES string of the molecule is [c]1cccc2c1oc1cnccc12. The molecule has 0 N–H and O–H groups in total. The van der Waals surface area contributed by atoms with Gasteiger partial charge in [0.2, 0.25) is 0 Å². The van der Waals surface area contributed by atoms with Crippen molar-refractivity contribution in [3.8, 4) is 0 Å². The number of furan rings is 1. The second-order valence-electron chi connectivity index (χ2n) is 2.89. The third kappa shape index (κ3) is 0.855. The predicted molar refractivity (Wildman–Crippen MR) is 50.4 cm³/mol. The van der Waals surface area contributed by atoms with Crippen LogP contribution in [0.15, 0.2) is 41.1 Å². The summed E-state index contributed by atoms with van der Waals surface area (Å²) < 4.78 is 5.53. The standard InChI is InChI=1S/C11H6NO/c1-2-4-10-8(3-1)9-5-6-12-7-11(9)13-10/h1-3,5-7H. The lowest BCUT2D eigenvalue weighted by molar-refractivity contribution is 0.666. The van der Waals surface area contributed by atoms with E-state index in [4.69, 9.17) is 4.42 Å². The summed E-state index contributed by atoms with van der Waals surface area (Å²) in [4.78, 5) is 4.00. The van der Waals surface area contributed by atoms with Gasteiger partial charge in [0.05, 0.1) is 6.20 Å². The van der Waals surface area contributed by atoms with Crippen LogP contribution in [-0.4, -0.2) is 4.98 Å². The van der Waals surface area contributed by atoms with Gasteiger partial charge in [-0.3, -0.25) is 4.98 Å². The second-order valence-corrected chi connectivity index (χ2v) is 2.89. The highest BCUT2D eigenvalue weighted by molar-refractivity contribution is 6.04. The number of nitrogens with zero attached hydrogens (tertiary/aromatic N) is 1. The lowest BCUT2D eigenvalue weighted by Crippen LogP contribution is -1.67. The Kier molecular flexibility index (Phi) is 1.19. The molecule has 0 saturated carbocycles. The van der Waals surface area contributed by atoms with Crippen LogP contribution >= 0.6 is 0 Å². The van der Waals surface area contributed by atoms with Gasteiger partial charge in [-0.05, 0) is 6.07 Å². The zero-order chi connectivity index (χ0) is 8.67.